The van der Waals surface area contributed by atoms with Gasteiger partial charge in [0.15, 0.2) is 0 Å². The van der Waals surface area contributed by atoms with E-state index in [1.807, 2.05) is 41.2 Å². The monoisotopic (exact) mass is 307 g/mol. The van der Waals surface area contributed by atoms with Crippen molar-refractivity contribution in [2.24, 2.45) is 0 Å². The number of benzene rings is 2. The Morgan fingerprint density at radius 3 is 2.39 bits per heavy atom. The molecule has 0 fully saturated rings. The van der Waals surface area contributed by atoms with Gasteiger partial charge in [0.05, 0.1) is 5.69 Å². The Kier molecular flexibility index (Phi) is 5.04. The quantitative estimate of drug-likeness (QED) is 0.669. The molecule has 0 radical (unpaired) electrons. The third kappa shape index (κ3) is 4.42. The molecule has 2 aromatic carbocycles. The lowest BCUT2D eigenvalue weighted by molar-refractivity contribution is 0.306. The zero-order chi connectivity index (χ0) is 15.9. The average molecular weight is 307 g/mol. The van der Waals surface area contributed by atoms with Crippen LogP contribution in [0.4, 0.5) is 0 Å². The van der Waals surface area contributed by atoms with Gasteiger partial charge in [0, 0.05) is 12.7 Å². The van der Waals surface area contributed by atoms with Gasteiger partial charge in [0.1, 0.15) is 12.4 Å². The van der Waals surface area contributed by atoms with E-state index in [1.54, 1.807) is 0 Å². The Labute approximate surface area is 136 Å². The number of aryl methyl sites for hydroxylation is 3. The molecule has 3 rings (SSSR count). The van der Waals surface area contributed by atoms with Crippen LogP contribution < -0.4 is 4.74 Å². The maximum absolute atomic E-state index is 5.80. The van der Waals surface area contributed by atoms with Gasteiger partial charge < -0.3 is 4.74 Å². The molecule has 3 aromatic rings. The molecule has 0 saturated carbocycles. The van der Waals surface area contributed by atoms with Gasteiger partial charge in [-0.3, -0.25) is 4.68 Å². The van der Waals surface area contributed by atoms with Crippen molar-refractivity contribution >= 4 is 0 Å². The van der Waals surface area contributed by atoms with Crippen LogP contribution in [0.5, 0.6) is 5.75 Å². The smallest absolute Gasteiger partial charge is 0.119 e. The molecule has 0 saturated heterocycles. The van der Waals surface area contributed by atoms with Crippen molar-refractivity contribution < 1.29 is 4.74 Å². The van der Waals surface area contributed by atoms with Crippen molar-refractivity contribution in [3.05, 3.63) is 77.6 Å². The van der Waals surface area contributed by atoms with E-state index in [-0.39, 0.29) is 0 Å². The summed E-state index contributed by atoms with van der Waals surface area (Å²) in [6, 6.07) is 18.5. The van der Waals surface area contributed by atoms with E-state index in [1.165, 1.54) is 11.1 Å². The van der Waals surface area contributed by atoms with Crippen LogP contribution in [0.15, 0.2) is 60.8 Å². The fraction of sp³-hybridized carbons (Fsp3) is 0.263. The van der Waals surface area contributed by atoms with Gasteiger partial charge in [-0.05, 0) is 43.0 Å². The van der Waals surface area contributed by atoms with Crippen molar-refractivity contribution in [3.8, 4) is 5.75 Å². The van der Waals surface area contributed by atoms with Crippen molar-refractivity contribution in [1.82, 2.24) is 15.0 Å². The largest absolute Gasteiger partial charge is 0.489 e. The van der Waals surface area contributed by atoms with Crippen LogP contribution in [0.2, 0.25) is 0 Å². The van der Waals surface area contributed by atoms with Gasteiger partial charge >= 0.3 is 0 Å². The Bertz CT molecular complexity index is 720. The minimum absolute atomic E-state index is 0.598. The van der Waals surface area contributed by atoms with Crippen LogP contribution in [0.25, 0.3) is 0 Å². The molecule has 0 atom stereocenters. The van der Waals surface area contributed by atoms with Crippen molar-refractivity contribution in [2.75, 3.05) is 0 Å². The molecule has 23 heavy (non-hydrogen) atoms. The first-order valence-corrected chi connectivity index (χ1v) is 7.98. The highest BCUT2D eigenvalue weighted by Crippen LogP contribution is 2.15. The minimum atomic E-state index is 0.598. The lowest BCUT2D eigenvalue weighted by atomic mass is 10.1. The second-order valence-corrected chi connectivity index (χ2v) is 5.48. The van der Waals surface area contributed by atoms with E-state index in [2.05, 4.69) is 41.5 Å². The summed E-state index contributed by atoms with van der Waals surface area (Å²) in [6.45, 7) is 3.52. The Hall–Kier alpha value is -2.62. The zero-order valence-electron chi connectivity index (χ0n) is 13.4. The molecule has 0 N–H and O–H groups in total. The van der Waals surface area contributed by atoms with E-state index >= 15 is 0 Å². The number of ether oxygens (including phenoxy) is 1. The maximum atomic E-state index is 5.80. The summed E-state index contributed by atoms with van der Waals surface area (Å²) >= 11 is 0. The van der Waals surface area contributed by atoms with Crippen LogP contribution in [0.3, 0.4) is 0 Å². The molecule has 0 aliphatic carbocycles. The summed E-state index contributed by atoms with van der Waals surface area (Å²) in [7, 11) is 0. The van der Waals surface area contributed by atoms with Crippen LogP contribution in [-0.4, -0.2) is 15.0 Å². The summed E-state index contributed by atoms with van der Waals surface area (Å²) in [4.78, 5) is 0. The first kappa shape index (κ1) is 15.3. The fourth-order valence-corrected chi connectivity index (χ4v) is 2.37. The van der Waals surface area contributed by atoms with Crippen molar-refractivity contribution in [2.45, 2.75) is 32.9 Å². The number of hydrogen-bond acceptors (Lipinski definition) is 3. The average Bonchev–Trinajstić information content (AvgIpc) is 3.08. The van der Waals surface area contributed by atoms with E-state index in [0.717, 1.165) is 30.8 Å². The molecule has 0 amide bonds. The predicted molar refractivity (Wildman–Crippen MR) is 90.3 cm³/mol. The molecular weight excluding hydrogens is 286 g/mol. The fourth-order valence-electron chi connectivity index (χ4n) is 2.37. The molecular formula is C19H21N3O. The molecule has 1 aromatic heterocycles. The first-order valence-electron chi connectivity index (χ1n) is 7.98. The molecule has 118 valence electrons. The first-order chi connectivity index (χ1) is 11.3. The van der Waals surface area contributed by atoms with Crippen LogP contribution >= 0.6 is 0 Å². The molecule has 0 unspecified atom stereocenters. The SMILES string of the molecule is CCn1cc(CCc2ccc(OCc3ccccc3)cc2)nn1. The zero-order valence-corrected chi connectivity index (χ0v) is 13.4. The lowest BCUT2D eigenvalue weighted by Crippen LogP contribution is -1.96. The van der Waals surface area contributed by atoms with E-state index in [9.17, 15) is 0 Å². The van der Waals surface area contributed by atoms with E-state index in [0.29, 0.717) is 6.61 Å². The summed E-state index contributed by atoms with van der Waals surface area (Å²) < 4.78 is 7.66. The van der Waals surface area contributed by atoms with E-state index < -0.39 is 0 Å². The molecule has 0 bridgehead atoms. The summed E-state index contributed by atoms with van der Waals surface area (Å²) in [5.41, 5.74) is 3.50. The summed E-state index contributed by atoms with van der Waals surface area (Å²) in [5, 5.41) is 8.23. The molecule has 0 aliphatic heterocycles. The maximum Gasteiger partial charge on any atom is 0.119 e. The van der Waals surface area contributed by atoms with Gasteiger partial charge in [-0.2, -0.15) is 0 Å². The highest BCUT2D eigenvalue weighted by Gasteiger charge is 2.02. The van der Waals surface area contributed by atoms with Gasteiger partial charge in [-0.1, -0.05) is 47.7 Å². The highest BCUT2D eigenvalue weighted by molar-refractivity contribution is 5.28. The van der Waals surface area contributed by atoms with Gasteiger partial charge in [0.2, 0.25) is 0 Å². The molecule has 4 heteroatoms. The number of aromatic nitrogens is 3. The van der Waals surface area contributed by atoms with Crippen molar-refractivity contribution in [3.63, 3.8) is 0 Å². The Morgan fingerprint density at radius 1 is 0.913 bits per heavy atom. The van der Waals surface area contributed by atoms with Gasteiger partial charge in [0.25, 0.3) is 0 Å². The Morgan fingerprint density at radius 2 is 1.70 bits per heavy atom. The van der Waals surface area contributed by atoms with Gasteiger partial charge in [-0.25, -0.2) is 0 Å². The summed E-state index contributed by atoms with van der Waals surface area (Å²) in [6.07, 6.45) is 3.88. The standard InChI is InChI=1S/C19H21N3O/c1-2-22-14-18(20-21-22)11-8-16-9-12-19(13-10-16)23-15-17-6-4-3-5-7-17/h3-7,9-10,12-14H,2,8,11,15H2,1H3. The highest BCUT2D eigenvalue weighted by atomic mass is 16.5. The third-order valence-electron chi connectivity index (χ3n) is 3.75. The number of hydrogen-bond donors (Lipinski definition) is 0. The predicted octanol–water partition coefficient (Wildman–Crippen LogP) is 3.66. The summed E-state index contributed by atoms with van der Waals surface area (Å²) in [5.74, 6) is 0.898. The number of rotatable bonds is 7. The Balaban J connectivity index is 1.50. The second kappa shape index (κ2) is 7.58. The van der Waals surface area contributed by atoms with Crippen LogP contribution in [0.1, 0.15) is 23.7 Å². The molecule has 4 nitrogen and oxygen atoms in total. The minimum Gasteiger partial charge on any atom is -0.489 e. The third-order valence-corrected chi connectivity index (χ3v) is 3.75. The molecule has 0 aliphatic rings. The van der Waals surface area contributed by atoms with Crippen LogP contribution in [-0.2, 0) is 26.0 Å². The normalized spacial score (nSPS) is 10.7. The molecule has 1 heterocycles. The van der Waals surface area contributed by atoms with Crippen LogP contribution in [0, 0.1) is 0 Å². The topological polar surface area (TPSA) is 39.9 Å². The van der Waals surface area contributed by atoms with Crippen molar-refractivity contribution in [1.29, 1.82) is 0 Å². The lowest BCUT2D eigenvalue weighted by Gasteiger charge is -2.07. The number of nitrogens with zero attached hydrogens (tertiary/aromatic N) is 3. The van der Waals surface area contributed by atoms with Gasteiger partial charge in [-0.15, -0.1) is 5.10 Å². The molecule has 0 spiro atoms. The second-order valence-electron chi connectivity index (χ2n) is 5.48. The van der Waals surface area contributed by atoms with E-state index in [4.69, 9.17) is 4.74 Å².